The molecule has 4 rings (SSSR count). The summed E-state index contributed by atoms with van der Waals surface area (Å²) in [7, 11) is 0. The fourth-order valence-corrected chi connectivity index (χ4v) is 4.83. The Morgan fingerprint density at radius 2 is 1.81 bits per heavy atom. The molecule has 3 aromatic rings. The van der Waals surface area contributed by atoms with Crippen molar-refractivity contribution in [2.24, 2.45) is 0 Å². The molecule has 0 saturated heterocycles. The third-order valence-electron chi connectivity index (χ3n) is 5.27. The number of fused-ring (bicyclic) bond motifs is 1. The summed E-state index contributed by atoms with van der Waals surface area (Å²) in [5, 5.41) is 6.70. The first kappa shape index (κ1) is 21.5. The van der Waals surface area contributed by atoms with Crippen molar-refractivity contribution in [1.29, 1.82) is 0 Å². The predicted octanol–water partition coefficient (Wildman–Crippen LogP) is 6.26. The van der Waals surface area contributed by atoms with Crippen LogP contribution in [0.25, 0.3) is 0 Å². The molecule has 158 valence electrons. The highest BCUT2D eigenvalue weighted by Crippen LogP contribution is 2.35. The van der Waals surface area contributed by atoms with E-state index in [0.717, 1.165) is 29.1 Å². The molecule has 1 aliphatic carbocycles. The van der Waals surface area contributed by atoms with E-state index in [1.165, 1.54) is 29.8 Å². The van der Waals surface area contributed by atoms with E-state index in [1.807, 2.05) is 42.5 Å². The summed E-state index contributed by atoms with van der Waals surface area (Å²) in [5.74, 6) is -0.326. The molecule has 0 saturated carbocycles. The minimum Gasteiger partial charge on any atom is -0.345 e. The largest absolute Gasteiger partial charge is 0.345 e. The molecule has 1 aliphatic rings. The Labute approximate surface area is 191 Å². The Morgan fingerprint density at radius 1 is 1.03 bits per heavy atom. The number of rotatable bonds is 5. The van der Waals surface area contributed by atoms with E-state index in [9.17, 15) is 9.59 Å². The van der Waals surface area contributed by atoms with Gasteiger partial charge in [0.05, 0.1) is 11.7 Å². The Morgan fingerprint density at radius 3 is 2.58 bits per heavy atom. The van der Waals surface area contributed by atoms with Crippen molar-refractivity contribution in [3.8, 4) is 0 Å². The maximum Gasteiger partial charge on any atom is 0.251 e. The summed E-state index contributed by atoms with van der Waals surface area (Å²) >= 11 is 7.48. The Kier molecular flexibility index (Phi) is 6.64. The van der Waals surface area contributed by atoms with Crippen molar-refractivity contribution >= 4 is 40.9 Å². The van der Waals surface area contributed by atoms with Crippen LogP contribution in [0.3, 0.4) is 0 Å². The molecule has 0 bridgehead atoms. The molecule has 0 spiro atoms. The van der Waals surface area contributed by atoms with Crippen LogP contribution < -0.4 is 10.6 Å². The first-order valence-electron chi connectivity index (χ1n) is 10.2. The molecular weight excluding hydrogens is 428 g/mol. The van der Waals surface area contributed by atoms with E-state index >= 15 is 0 Å². The lowest BCUT2D eigenvalue weighted by atomic mass is 9.87. The maximum absolute atomic E-state index is 13.0. The first-order valence-corrected chi connectivity index (χ1v) is 11.4. The van der Waals surface area contributed by atoms with Crippen LogP contribution in [0.15, 0.2) is 76.5 Å². The highest BCUT2D eigenvalue weighted by Gasteiger charge is 2.22. The molecule has 4 nitrogen and oxygen atoms in total. The summed E-state index contributed by atoms with van der Waals surface area (Å²) in [6.45, 7) is 1.46. The third-order valence-corrected chi connectivity index (χ3v) is 6.60. The lowest BCUT2D eigenvalue weighted by Gasteiger charge is -2.26. The van der Waals surface area contributed by atoms with E-state index in [0.29, 0.717) is 16.3 Å². The number of hydrogen-bond donors (Lipinski definition) is 2. The van der Waals surface area contributed by atoms with Crippen molar-refractivity contribution in [1.82, 2.24) is 5.32 Å². The fourth-order valence-electron chi connectivity index (χ4n) is 3.82. The van der Waals surface area contributed by atoms with Crippen LogP contribution in [0.2, 0.25) is 5.02 Å². The molecule has 0 fully saturated rings. The van der Waals surface area contributed by atoms with Crippen LogP contribution in [0.1, 0.15) is 47.3 Å². The predicted molar refractivity (Wildman–Crippen MR) is 126 cm³/mol. The van der Waals surface area contributed by atoms with E-state index < -0.39 is 0 Å². The summed E-state index contributed by atoms with van der Waals surface area (Å²) in [5.41, 5.74) is 3.63. The van der Waals surface area contributed by atoms with Crippen molar-refractivity contribution in [3.63, 3.8) is 0 Å². The first-order chi connectivity index (χ1) is 15.0. The van der Waals surface area contributed by atoms with Gasteiger partial charge in [-0.15, -0.1) is 0 Å². The van der Waals surface area contributed by atoms with E-state index in [4.69, 9.17) is 11.6 Å². The van der Waals surface area contributed by atoms with Crippen molar-refractivity contribution in [3.05, 3.63) is 88.4 Å². The van der Waals surface area contributed by atoms with Gasteiger partial charge in [0.1, 0.15) is 0 Å². The van der Waals surface area contributed by atoms with Crippen molar-refractivity contribution < 1.29 is 9.59 Å². The number of aryl methyl sites for hydroxylation is 1. The second kappa shape index (κ2) is 9.58. The van der Waals surface area contributed by atoms with Crippen LogP contribution in [-0.4, -0.2) is 11.8 Å². The number of carbonyl (C=O) groups excluding carboxylic acids is 2. The van der Waals surface area contributed by atoms with Gasteiger partial charge >= 0.3 is 0 Å². The van der Waals surface area contributed by atoms with Gasteiger partial charge in [0.25, 0.3) is 5.91 Å². The molecule has 1 unspecified atom stereocenters. The molecule has 0 aromatic heterocycles. The molecule has 0 radical (unpaired) electrons. The van der Waals surface area contributed by atoms with Crippen LogP contribution in [-0.2, 0) is 11.2 Å². The lowest BCUT2D eigenvalue weighted by molar-refractivity contribution is -0.114. The van der Waals surface area contributed by atoms with Gasteiger partial charge in [0.2, 0.25) is 5.91 Å². The zero-order valence-corrected chi connectivity index (χ0v) is 18.7. The topological polar surface area (TPSA) is 58.2 Å². The van der Waals surface area contributed by atoms with Crippen molar-refractivity contribution in [2.75, 3.05) is 5.32 Å². The summed E-state index contributed by atoms with van der Waals surface area (Å²) in [4.78, 5) is 26.6. The monoisotopic (exact) mass is 450 g/mol. The number of hydrogen-bond acceptors (Lipinski definition) is 3. The Bertz CT molecular complexity index is 1110. The quantitative estimate of drug-likeness (QED) is 0.482. The van der Waals surface area contributed by atoms with Gasteiger partial charge < -0.3 is 10.6 Å². The number of benzene rings is 3. The van der Waals surface area contributed by atoms with Crippen LogP contribution >= 0.6 is 23.4 Å². The summed E-state index contributed by atoms with van der Waals surface area (Å²) < 4.78 is 0. The number of amides is 2. The van der Waals surface area contributed by atoms with Crippen LogP contribution in [0, 0.1) is 0 Å². The second-order valence-electron chi connectivity index (χ2n) is 7.57. The molecule has 1 atom stereocenters. The van der Waals surface area contributed by atoms with Crippen LogP contribution in [0.5, 0.6) is 0 Å². The molecule has 31 heavy (non-hydrogen) atoms. The van der Waals surface area contributed by atoms with Crippen molar-refractivity contribution in [2.45, 2.75) is 42.0 Å². The SMILES string of the molecule is CC(=O)Nc1cc(C(=O)NC2CCCc3ccccc32)ccc1Sc1ccc(Cl)cc1. The lowest BCUT2D eigenvalue weighted by Crippen LogP contribution is -2.31. The zero-order chi connectivity index (χ0) is 21.8. The van der Waals surface area contributed by atoms with Gasteiger partial charge in [-0.05, 0) is 72.9 Å². The average molecular weight is 451 g/mol. The van der Waals surface area contributed by atoms with Gasteiger partial charge in [-0.2, -0.15) is 0 Å². The molecule has 2 N–H and O–H groups in total. The smallest absolute Gasteiger partial charge is 0.251 e. The van der Waals surface area contributed by atoms with E-state index in [1.54, 1.807) is 12.1 Å². The Balaban J connectivity index is 1.56. The average Bonchev–Trinajstić information content (AvgIpc) is 2.76. The second-order valence-corrected chi connectivity index (χ2v) is 9.12. The van der Waals surface area contributed by atoms with E-state index in [-0.39, 0.29) is 17.9 Å². The normalized spacial score (nSPS) is 15.1. The molecule has 0 aliphatic heterocycles. The van der Waals surface area contributed by atoms with Gasteiger partial charge in [-0.1, -0.05) is 47.6 Å². The Hall–Kier alpha value is -2.76. The molecule has 2 amide bonds. The minimum absolute atomic E-state index is 0.00443. The van der Waals surface area contributed by atoms with Gasteiger partial charge in [-0.3, -0.25) is 9.59 Å². The highest BCUT2D eigenvalue weighted by atomic mass is 35.5. The van der Waals surface area contributed by atoms with Crippen LogP contribution in [0.4, 0.5) is 5.69 Å². The third kappa shape index (κ3) is 5.30. The van der Waals surface area contributed by atoms with Gasteiger partial charge in [0.15, 0.2) is 0 Å². The fraction of sp³-hybridized carbons (Fsp3) is 0.200. The highest BCUT2D eigenvalue weighted by molar-refractivity contribution is 7.99. The number of nitrogens with one attached hydrogen (secondary N) is 2. The molecule has 0 heterocycles. The van der Waals surface area contributed by atoms with Gasteiger partial charge in [-0.25, -0.2) is 0 Å². The summed E-state index contributed by atoms with van der Waals surface area (Å²) in [6.07, 6.45) is 3.02. The minimum atomic E-state index is -0.184. The van der Waals surface area contributed by atoms with Gasteiger partial charge in [0, 0.05) is 27.3 Å². The maximum atomic E-state index is 13.0. The van der Waals surface area contributed by atoms with E-state index in [2.05, 4.69) is 22.8 Å². The molecular formula is C25H23ClN2O2S. The summed E-state index contributed by atoms with van der Waals surface area (Å²) in [6, 6.07) is 21.2. The zero-order valence-electron chi connectivity index (χ0n) is 17.2. The molecule has 6 heteroatoms. The standard InChI is InChI=1S/C25H23ClN2O2S/c1-16(29)27-23-15-18(9-14-24(23)31-20-12-10-19(26)11-13-20)25(30)28-22-8-4-6-17-5-2-3-7-21(17)22/h2-3,5,7,9-15,22H,4,6,8H2,1H3,(H,27,29)(H,28,30). The number of halogens is 1. The number of anilines is 1. The number of carbonyl (C=O) groups is 2. The molecule has 3 aromatic carbocycles.